The lowest BCUT2D eigenvalue weighted by Crippen LogP contribution is -2.32. The second-order valence-corrected chi connectivity index (χ2v) is 14.9. The van der Waals surface area contributed by atoms with Gasteiger partial charge in [-0.25, -0.2) is 0 Å². The molecule has 3 atom stereocenters. The van der Waals surface area contributed by atoms with Crippen LogP contribution in [0.1, 0.15) is 56.7 Å². The number of allylic oxidation sites excluding steroid dienone is 2. The van der Waals surface area contributed by atoms with Gasteiger partial charge in [0.15, 0.2) is 17.3 Å². The number of ketones is 1. The van der Waals surface area contributed by atoms with Gasteiger partial charge in [0, 0.05) is 66.7 Å². The van der Waals surface area contributed by atoms with Gasteiger partial charge in [-0.3, -0.25) is 24.4 Å². The zero-order chi connectivity index (χ0) is 39.6. The minimum absolute atomic E-state index is 0.00410. The van der Waals surface area contributed by atoms with Gasteiger partial charge in [-0.1, -0.05) is 46.3 Å². The topological polar surface area (TPSA) is 128 Å². The number of hydrogen-bond donors (Lipinski definition) is 1. The van der Waals surface area contributed by atoms with Crippen LogP contribution in [0.25, 0.3) is 11.1 Å². The molecule has 57 heavy (non-hydrogen) atoms. The molecule has 8 rings (SSSR count). The van der Waals surface area contributed by atoms with Crippen LogP contribution in [-0.4, -0.2) is 73.7 Å². The van der Waals surface area contributed by atoms with E-state index in [1.807, 2.05) is 80.0 Å². The smallest absolute Gasteiger partial charge is 0.260 e. The van der Waals surface area contributed by atoms with E-state index in [-0.39, 0.29) is 40.8 Å². The number of benzene rings is 4. The molecule has 0 saturated carbocycles. The summed E-state index contributed by atoms with van der Waals surface area (Å²) in [4.78, 5) is 50.5. The fourth-order valence-corrected chi connectivity index (χ4v) is 7.81. The molecule has 12 heteroatoms. The Morgan fingerprint density at radius 2 is 1.49 bits per heavy atom. The molecule has 3 aliphatic heterocycles. The monoisotopic (exact) mass is 828 g/mol. The van der Waals surface area contributed by atoms with Gasteiger partial charge in [-0.15, -0.1) is 0 Å². The predicted octanol–water partition coefficient (Wildman–Crippen LogP) is 8.78. The van der Waals surface area contributed by atoms with E-state index in [1.165, 1.54) is 0 Å². The Bertz CT molecular complexity index is 2370. The van der Waals surface area contributed by atoms with E-state index in [2.05, 4.69) is 27.3 Å². The highest BCUT2D eigenvalue weighted by Gasteiger charge is 2.36. The Kier molecular flexibility index (Phi) is 10.8. The molecule has 0 aromatic heterocycles. The number of alkyl halides is 1. The summed E-state index contributed by atoms with van der Waals surface area (Å²) in [5.74, 6) is 1.88. The number of nitrogens with zero attached hydrogens (tertiary/aromatic N) is 3. The third-order valence-electron chi connectivity index (χ3n) is 10.7. The fourth-order valence-electron chi connectivity index (χ4n) is 7.67. The highest BCUT2D eigenvalue weighted by atomic mass is 79.9. The van der Waals surface area contributed by atoms with E-state index < -0.39 is 0 Å². The Hall–Kier alpha value is -6.01. The zero-order valence-electron chi connectivity index (χ0n) is 31.8. The van der Waals surface area contributed by atoms with Crippen LogP contribution in [0.5, 0.6) is 23.0 Å². The Labute approximate surface area is 339 Å². The third kappa shape index (κ3) is 7.74. The number of carbonyl (C=O) groups is 3. The van der Waals surface area contributed by atoms with Gasteiger partial charge in [0.25, 0.3) is 5.91 Å². The summed E-state index contributed by atoms with van der Waals surface area (Å²) >= 11 is 3.16. The van der Waals surface area contributed by atoms with Crippen molar-refractivity contribution in [1.29, 1.82) is 0 Å². The van der Waals surface area contributed by atoms with Crippen LogP contribution >= 0.6 is 15.9 Å². The van der Waals surface area contributed by atoms with Crippen LogP contribution < -0.4 is 24.3 Å². The number of aliphatic imine (C=N–C) groups is 2. The summed E-state index contributed by atoms with van der Waals surface area (Å²) in [6.45, 7) is 2.65. The molecule has 4 aliphatic rings. The summed E-state index contributed by atoms with van der Waals surface area (Å²) in [5, 5.41) is 3.04. The summed E-state index contributed by atoms with van der Waals surface area (Å²) in [7, 11) is 3.19. The number of carbonyl (C=O) groups excluding carboxylic acids is 3. The minimum atomic E-state index is -0.262. The van der Waals surface area contributed by atoms with Crippen molar-refractivity contribution >= 4 is 74.2 Å². The van der Waals surface area contributed by atoms with Gasteiger partial charge in [-0.05, 0) is 77.6 Å². The van der Waals surface area contributed by atoms with Gasteiger partial charge in [0.2, 0.25) is 5.91 Å². The van der Waals surface area contributed by atoms with Crippen molar-refractivity contribution in [2.45, 2.75) is 32.2 Å². The molecule has 4 aromatic carbocycles. The lowest BCUT2D eigenvalue weighted by atomic mass is 9.89. The van der Waals surface area contributed by atoms with Gasteiger partial charge < -0.3 is 29.2 Å². The maximum atomic E-state index is 13.8. The first kappa shape index (κ1) is 37.9. The van der Waals surface area contributed by atoms with Crippen molar-refractivity contribution in [3.63, 3.8) is 0 Å². The number of Topliss-reactive ketones (excluding diaryl/α,β-unsaturated/α-hetero) is 1. The van der Waals surface area contributed by atoms with Crippen molar-refractivity contribution < 1.29 is 33.3 Å². The van der Waals surface area contributed by atoms with E-state index in [4.69, 9.17) is 28.9 Å². The zero-order valence-corrected chi connectivity index (χ0v) is 33.4. The number of nitrogens with one attached hydrogen (secondary N) is 1. The molecule has 2 amide bonds. The van der Waals surface area contributed by atoms with Crippen LogP contribution in [0, 0.1) is 18.8 Å². The molecule has 3 heterocycles. The van der Waals surface area contributed by atoms with E-state index in [0.717, 1.165) is 40.0 Å². The van der Waals surface area contributed by atoms with Gasteiger partial charge in [0.1, 0.15) is 11.5 Å². The highest BCUT2D eigenvalue weighted by Crippen LogP contribution is 2.43. The van der Waals surface area contributed by atoms with E-state index in [0.29, 0.717) is 71.5 Å². The largest absolute Gasteiger partial charge is 0.497 e. The SMILES string of the molecule is COc1ccc(C2=CC3C(=O)c4cc(C)c(OCCCOc5cc6c(cc5OC)C(=O)N5C=C(c7ccc(NC(=O)CBr)cc7)C[C@H]5C=N6)cc4N=C[C@@H]3C2)cc1. The van der Waals surface area contributed by atoms with Gasteiger partial charge in [-0.2, -0.15) is 0 Å². The molecular weight excluding hydrogens is 788 g/mol. The molecule has 4 aromatic rings. The maximum Gasteiger partial charge on any atom is 0.260 e. The first-order valence-electron chi connectivity index (χ1n) is 18.8. The standard InChI is InChI=1S/C45H41BrN4O7/c1-26-15-36-38(47-23-30-16-29(18-35(30)44(36)52)27-7-11-34(54-2)12-8-27)20-40(26)56-13-4-14-57-42-21-39-37(19-41(42)55-3)45(53)50-25-31(17-33(50)24-48-39)28-5-9-32(10-6-28)49-43(51)22-46/h5-12,15,18-21,23-25,30,33,35H,4,13-14,16-17,22H2,1-3H3,(H,49,51)/t30-,33-,35?/m0/s1. The molecule has 0 bridgehead atoms. The molecule has 11 nitrogen and oxygen atoms in total. The summed E-state index contributed by atoms with van der Waals surface area (Å²) < 4.78 is 23.3. The van der Waals surface area contributed by atoms with Crippen LogP contribution in [0.15, 0.2) is 95.1 Å². The molecule has 1 unspecified atom stereocenters. The number of anilines is 1. The van der Waals surface area contributed by atoms with Crippen LogP contribution in [0.3, 0.4) is 0 Å². The van der Waals surface area contributed by atoms with Crippen LogP contribution in [-0.2, 0) is 4.79 Å². The lowest BCUT2D eigenvalue weighted by Gasteiger charge is -2.19. The molecule has 1 aliphatic carbocycles. The molecule has 0 spiro atoms. The minimum Gasteiger partial charge on any atom is -0.497 e. The first-order valence-corrected chi connectivity index (χ1v) is 19.9. The number of aryl methyl sites for hydroxylation is 1. The van der Waals surface area contributed by atoms with Crippen molar-refractivity contribution in [3.05, 3.63) is 113 Å². The number of ether oxygens (including phenoxy) is 4. The van der Waals surface area contributed by atoms with Crippen LogP contribution in [0.4, 0.5) is 17.1 Å². The maximum absolute atomic E-state index is 13.8. The number of fused-ring (bicyclic) bond motifs is 4. The van der Waals surface area contributed by atoms with Crippen molar-refractivity contribution in [2.75, 3.05) is 38.1 Å². The molecule has 0 radical (unpaired) electrons. The molecule has 1 N–H and O–H groups in total. The molecular formula is C45H41BrN4O7. The average molecular weight is 830 g/mol. The molecule has 290 valence electrons. The van der Waals surface area contributed by atoms with Crippen molar-refractivity contribution in [3.8, 4) is 23.0 Å². The Morgan fingerprint density at radius 1 is 0.807 bits per heavy atom. The average Bonchev–Trinajstić information content (AvgIpc) is 3.81. The van der Waals surface area contributed by atoms with Crippen molar-refractivity contribution in [2.24, 2.45) is 21.8 Å². The number of hydrogen-bond acceptors (Lipinski definition) is 9. The summed E-state index contributed by atoms with van der Waals surface area (Å²) in [5.41, 5.74) is 7.92. The Morgan fingerprint density at radius 3 is 2.23 bits per heavy atom. The summed E-state index contributed by atoms with van der Waals surface area (Å²) in [6.07, 6.45) is 9.59. The van der Waals surface area contributed by atoms with E-state index in [1.54, 1.807) is 37.5 Å². The Balaban J connectivity index is 0.883. The second kappa shape index (κ2) is 16.2. The predicted molar refractivity (Wildman–Crippen MR) is 224 cm³/mol. The first-order chi connectivity index (χ1) is 27.7. The fraction of sp³-hybridized carbons (Fsp3) is 0.267. The number of methoxy groups -OCH3 is 2. The number of rotatable bonds is 12. The molecule has 0 saturated heterocycles. The quantitative estimate of drug-likeness (QED) is 0.112. The van der Waals surface area contributed by atoms with E-state index >= 15 is 0 Å². The summed E-state index contributed by atoms with van der Waals surface area (Å²) in [6, 6.07) is 22.4. The highest BCUT2D eigenvalue weighted by molar-refractivity contribution is 9.09. The molecule has 0 fully saturated rings. The van der Waals surface area contributed by atoms with Gasteiger partial charge >= 0.3 is 0 Å². The van der Waals surface area contributed by atoms with Crippen LogP contribution in [0.2, 0.25) is 0 Å². The second-order valence-electron chi connectivity index (χ2n) is 14.3. The van der Waals surface area contributed by atoms with Gasteiger partial charge in [0.05, 0.1) is 55.7 Å². The van der Waals surface area contributed by atoms with Crippen molar-refractivity contribution in [1.82, 2.24) is 4.90 Å². The normalized spacial score (nSPS) is 19.0. The third-order valence-corrected chi connectivity index (χ3v) is 11.2. The van der Waals surface area contributed by atoms with E-state index in [9.17, 15) is 14.4 Å². The lowest BCUT2D eigenvalue weighted by molar-refractivity contribution is -0.113. The number of amides is 2. The number of halogens is 1.